The predicted octanol–water partition coefficient (Wildman–Crippen LogP) is 13.5. The Morgan fingerprint density at radius 2 is 1.36 bits per heavy atom. The van der Waals surface area contributed by atoms with E-state index in [1.165, 1.54) is 39.0 Å². The summed E-state index contributed by atoms with van der Waals surface area (Å²) in [5, 5.41) is 2.22. The van der Waals surface area contributed by atoms with E-state index in [4.69, 9.17) is 19.4 Å². The zero-order chi connectivity index (χ0) is 38.6. The molecule has 0 saturated heterocycles. The Balaban J connectivity index is 0.974. The fraction of sp³-hybridized carbons (Fsp3) is 0.130. The molecule has 0 bridgehead atoms. The molecule has 11 rings (SSSR count). The molecule has 0 saturated carbocycles. The fourth-order valence-electron chi connectivity index (χ4n) is 9.05. The molecule has 4 heteroatoms. The topological polar surface area (TPSA) is 51.8 Å². The third-order valence-electron chi connectivity index (χ3n) is 12.0. The van der Waals surface area contributed by atoms with E-state index in [2.05, 4.69) is 140 Å². The van der Waals surface area contributed by atoms with Crippen LogP contribution in [0.25, 0.3) is 78.9 Å². The second-order valence-electron chi connectivity index (χ2n) is 15.6. The van der Waals surface area contributed by atoms with Crippen molar-refractivity contribution in [3.8, 4) is 57.1 Å². The molecule has 0 aliphatic heterocycles. The minimum atomic E-state index is 0.636. The third kappa shape index (κ3) is 6.08. The molecule has 58 heavy (non-hydrogen) atoms. The summed E-state index contributed by atoms with van der Waals surface area (Å²) < 4.78 is 6.45. The number of hydrogen-bond acceptors (Lipinski definition) is 4. The average molecular weight is 746 g/mol. The van der Waals surface area contributed by atoms with Gasteiger partial charge in [-0.15, -0.1) is 0 Å². The number of rotatable bonds is 5. The summed E-state index contributed by atoms with van der Waals surface area (Å²) in [5.74, 6) is 8.68. The van der Waals surface area contributed by atoms with Crippen LogP contribution >= 0.6 is 0 Å². The molecular weight excluding hydrogens is 707 g/mol. The first kappa shape index (κ1) is 34.2. The van der Waals surface area contributed by atoms with Gasteiger partial charge in [0.05, 0.1) is 0 Å². The summed E-state index contributed by atoms with van der Waals surface area (Å²) in [6.45, 7) is 4.37. The van der Waals surface area contributed by atoms with E-state index in [0.717, 1.165) is 106 Å². The van der Waals surface area contributed by atoms with Crippen LogP contribution < -0.4 is 0 Å². The first-order valence-electron chi connectivity index (χ1n) is 20.3. The van der Waals surface area contributed by atoms with Crippen LogP contribution in [0.15, 0.2) is 172 Å². The molecule has 5 aromatic carbocycles. The number of furan rings is 1. The summed E-state index contributed by atoms with van der Waals surface area (Å²) in [4.78, 5) is 15.2. The maximum absolute atomic E-state index is 6.45. The first-order valence-corrected chi connectivity index (χ1v) is 20.3. The molecule has 0 fully saturated rings. The number of aromatic nitrogens is 3. The van der Waals surface area contributed by atoms with Crippen LogP contribution in [0, 0.1) is 11.8 Å². The molecule has 0 amide bonds. The SMILES string of the molecule is C=C1C=CCC/C1=C1\CCC=C\C1=C/c1ccc2oc3cccc(-c4ccc(-c5nc(-c6ccccc6)nc(-c6ccc7c(c6)C6=C(CCC#C6)C7)n5)cc4)c3c2c1. The van der Waals surface area contributed by atoms with Crippen molar-refractivity contribution in [3.05, 3.63) is 185 Å². The molecule has 2 aromatic heterocycles. The van der Waals surface area contributed by atoms with Crippen molar-refractivity contribution in [1.82, 2.24) is 15.0 Å². The Labute approximate surface area is 338 Å². The predicted molar refractivity (Wildman–Crippen MR) is 237 cm³/mol. The van der Waals surface area contributed by atoms with Gasteiger partial charge in [0.2, 0.25) is 0 Å². The van der Waals surface area contributed by atoms with Crippen LogP contribution in [0.3, 0.4) is 0 Å². The molecule has 4 nitrogen and oxygen atoms in total. The maximum atomic E-state index is 6.45. The van der Waals surface area contributed by atoms with Gasteiger partial charge in [0.15, 0.2) is 17.5 Å². The molecule has 0 spiro atoms. The fourth-order valence-corrected chi connectivity index (χ4v) is 9.05. The van der Waals surface area contributed by atoms with Gasteiger partial charge in [-0.3, -0.25) is 0 Å². The van der Waals surface area contributed by atoms with Crippen LogP contribution in [-0.2, 0) is 6.42 Å². The molecule has 2 heterocycles. The lowest BCUT2D eigenvalue weighted by molar-refractivity contribution is 0.669. The minimum absolute atomic E-state index is 0.636. The Morgan fingerprint density at radius 3 is 2.19 bits per heavy atom. The van der Waals surface area contributed by atoms with Crippen molar-refractivity contribution >= 4 is 33.6 Å². The monoisotopic (exact) mass is 745 g/mol. The van der Waals surface area contributed by atoms with Crippen molar-refractivity contribution < 1.29 is 4.42 Å². The van der Waals surface area contributed by atoms with Crippen molar-refractivity contribution in [3.63, 3.8) is 0 Å². The minimum Gasteiger partial charge on any atom is -0.456 e. The van der Waals surface area contributed by atoms with E-state index in [0.29, 0.717) is 17.5 Å². The van der Waals surface area contributed by atoms with Crippen LogP contribution in [0.5, 0.6) is 0 Å². The Bertz CT molecular complexity index is 3080. The highest BCUT2D eigenvalue weighted by molar-refractivity contribution is 6.13. The molecule has 4 aliphatic carbocycles. The quantitative estimate of drug-likeness (QED) is 0.165. The Kier molecular flexibility index (Phi) is 8.33. The highest BCUT2D eigenvalue weighted by Crippen LogP contribution is 2.41. The summed E-state index contributed by atoms with van der Waals surface area (Å²) in [6, 6.07) is 38.2. The number of nitrogens with zero attached hydrogens (tertiary/aromatic N) is 3. The van der Waals surface area contributed by atoms with Crippen LogP contribution in [0.1, 0.15) is 55.2 Å². The van der Waals surface area contributed by atoms with Gasteiger partial charge in [-0.25, -0.2) is 15.0 Å². The summed E-state index contributed by atoms with van der Waals surface area (Å²) >= 11 is 0. The Morgan fingerprint density at radius 1 is 0.621 bits per heavy atom. The van der Waals surface area contributed by atoms with Crippen molar-refractivity contribution in [1.29, 1.82) is 0 Å². The van der Waals surface area contributed by atoms with E-state index >= 15 is 0 Å². The van der Waals surface area contributed by atoms with Crippen molar-refractivity contribution in [2.75, 3.05) is 0 Å². The highest BCUT2D eigenvalue weighted by Gasteiger charge is 2.23. The van der Waals surface area contributed by atoms with Gasteiger partial charge in [0, 0.05) is 39.5 Å². The highest BCUT2D eigenvalue weighted by atomic mass is 16.3. The zero-order valence-corrected chi connectivity index (χ0v) is 32.2. The van der Waals surface area contributed by atoms with Gasteiger partial charge in [-0.1, -0.05) is 128 Å². The third-order valence-corrected chi connectivity index (χ3v) is 12.0. The maximum Gasteiger partial charge on any atom is 0.164 e. The smallest absolute Gasteiger partial charge is 0.164 e. The zero-order valence-electron chi connectivity index (χ0n) is 32.2. The molecule has 0 radical (unpaired) electrons. The molecule has 0 atom stereocenters. The number of allylic oxidation sites excluding steroid dienone is 10. The van der Waals surface area contributed by atoms with Gasteiger partial charge >= 0.3 is 0 Å². The van der Waals surface area contributed by atoms with E-state index in [9.17, 15) is 0 Å². The van der Waals surface area contributed by atoms with Crippen LogP contribution in [0.2, 0.25) is 0 Å². The molecule has 0 unspecified atom stereocenters. The second kappa shape index (κ2) is 14.1. The lowest BCUT2D eigenvalue weighted by Crippen LogP contribution is -2.02. The summed E-state index contributed by atoms with van der Waals surface area (Å²) in [6.07, 6.45) is 18.5. The lowest BCUT2D eigenvalue weighted by atomic mass is 9.83. The molecule has 4 aliphatic rings. The van der Waals surface area contributed by atoms with E-state index in [1.54, 1.807) is 0 Å². The average Bonchev–Trinajstić information content (AvgIpc) is 3.85. The molecule has 0 N–H and O–H groups in total. The van der Waals surface area contributed by atoms with Gasteiger partial charge in [-0.05, 0) is 125 Å². The van der Waals surface area contributed by atoms with Gasteiger partial charge < -0.3 is 4.42 Å². The van der Waals surface area contributed by atoms with Crippen molar-refractivity contribution in [2.45, 2.75) is 44.9 Å². The van der Waals surface area contributed by atoms with Crippen molar-refractivity contribution in [2.24, 2.45) is 0 Å². The summed E-state index contributed by atoms with van der Waals surface area (Å²) in [7, 11) is 0. The van der Waals surface area contributed by atoms with E-state index in [1.807, 2.05) is 18.2 Å². The standard InChI is InChI=1S/C54H39N3O/c1-34-12-5-8-17-43(34)44-18-9-6-15-39(44)30-35-22-29-49-48(31-35)51-46(20-11-21-50(51)58-49)36-23-25-38(26-24-36)53-55-52(37-13-3-2-4-14-37)56-54(57-53)42-28-27-41-32-40-16-7-10-19-45(40)47(41)33-42/h2-6,11-15,20-31,33H,1,7-9,16-18,32H2/b39-30+,44-43-. The van der Waals surface area contributed by atoms with E-state index < -0.39 is 0 Å². The van der Waals surface area contributed by atoms with E-state index in [-0.39, 0.29) is 0 Å². The van der Waals surface area contributed by atoms with Gasteiger partial charge in [0.25, 0.3) is 0 Å². The molecule has 7 aromatic rings. The first-order chi connectivity index (χ1) is 28.6. The summed E-state index contributed by atoms with van der Waals surface area (Å²) in [5.41, 5.74) is 18.4. The molecular formula is C54H39N3O. The second-order valence-corrected chi connectivity index (χ2v) is 15.6. The van der Waals surface area contributed by atoms with Crippen LogP contribution in [0.4, 0.5) is 0 Å². The van der Waals surface area contributed by atoms with Gasteiger partial charge in [0.1, 0.15) is 11.2 Å². The van der Waals surface area contributed by atoms with Crippen LogP contribution in [-0.4, -0.2) is 15.0 Å². The largest absolute Gasteiger partial charge is 0.456 e. The number of fused-ring (bicyclic) bond motifs is 5. The normalized spacial score (nSPS) is 17.9. The lowest BCUT2D eigenvalue weighted by Gasteiger charge is -2.21. The Hall–Kier alpha value is -7.09. The van der Waals surface area contributed by atoms with Gasteiger partial charge in [-0.2, -0.15) is 0 Å². The number of hydrogen-bond donors (Lipinski definition) is 0. The molecule has 276 valence electrons. The number of benzene rings is 5.